The molecule has 1 unspecified atom stereocenters. The Morgan fingerprint density at radius 1 is 1.16 bits per heavy atom. The molecular weight excluding hydrogens is 413 g/mol. The van der Waals surface area contributed by atoms with E-state index in [1.165, 1.54) is 25.0 Å². The van der Waals surface area contributed by atoms with Crippen molar-refractivity contribution >= 4 is 23.2 Å². The molecule has 31 heavy (non-hydrogen) atoms. The number of carbonyl (C=O) groups excluding carboxylic acids is 1. The molecular formula is C25H27ClFN3O. The van der Waals surface area contributed by atoms with Crippen LogP contribution in [0.5, 0.6) is 0 Å². The molecule has 4 nitrogen and oxygen atoms in total. The lowest BCUT2D eigenvalue weighted by Gasteiger charge is -2.30. The molecule has 0 N–H and O–H groups in total. The second-order valence-electron chi connectivity index (χ2n) is 8.22. The largest absolute Gasteiger partial charge is 0.288 e. The summed E-state index contributed by atoms with van der Waals surface area (Å²) in [5.41, 5.74) is 2.59. The second-order valence-corrected chi connectivity index (χ2v) is 8.66. The highest BCUT2D eigenvalue weighted by atomic mass is 35.5. The van der Waals surface area contributed by atoms with Crippen LogP contribution in [0.25, 0.3) is 0 Å². The molecule has 2 aromatic rings. The van der Waals surface area contributed by atoms with Crippen molar-refractivity contribution in [2.24, 2.45) is 5.10 Å². The summed E-state index contributed by atoms with van der Waals surface area (Å²) in [6.07, 6.45) is 7.08. The Balaban J connectivity index is 1.60. The number of benzene rings is 2. The molecule has 1 aliphatic heterocycles. The summed E-state index contributed by atoms with van der Waals surface area (Å²) in [4.78, 5) is 15.6. The molecule has 1 aliphatic carbocycles. The molecule has 1 atom stereocenters. The van der Waals surface area contributed by atoms with Crippen LogP contribution < -0.4 is 0 Å². The van der Waals surface area contributed by atoms with Crippen LogP contribution in [0.1, 0.15) is 49.3 Å². The predicted octanol–water partition coefficient (Wildman–Crippen LogP) is 5.59. The number of halogens is 2. The van der Waals surface area contributed by atoms with Gasteiger partial charge in [0.1, 0.15) is 5.82 Å². The first-order chi connectivity index (χ1) is 15.0. The summed E-state index contributed by atoms with van der Waals surface area (Å²) in [6.45, 7) is 4.86. The lowest BCUT2D eigenvalue weighted by molar-refractivity contribution is -0.134. The Kier molecular flexibility index (Phi) is 6.83. The van der Waals surface area contributed by atoms with Crippen LogP contribution in [-0.4, -0.2) is 40.7 Å². The van der Waals surface area contributed by atoms with Gasteiger partial charge in [-0.2, -0.15) is 5.10 Å². The average molecular weight is 440 g/mol. The van der Waals surface area contributed by atoms with Crippen molar-refractivity contribution in [2.45, 2.75) is 44.2 Å². The molecule has 0 aromatic heterocycles. The van der Waals surface area contributed by atoms with E-state index in [0.717, 1.165) is 29.7 Å². The molecule has 1 saturated carbocycles. The minimum absolute atomic E-state index is 0.0363. The summed E-state index contributed by atoms with van der Waals surface area (Å²) in [5, 5.41) is 6.96. The van der Waals surface area contributed by atoms with Crippen molar-refractivity contribution in [3.05, 3.63) is 83.2 Å². The molecule has 4 rings (SSSR count). The molecule has 0 radical (unpaired) electrons. The zero-order chi connectivity index (χ0) is 21.8. The van der Waals surface area contributed by atoms with Gasteiger partial charge in [-0.05, 0) is 48.2 Å². The molecule has 0 spiro atoms. The first-order valence-corrected chi connectivity index (χ1v) is 11.2. The van der Waals surface area contributed by atoms with Crippen molar-refractivity contribution in [1.82, 2.24) is 9.91 Å². The Morgan fingerprint density at radius 3 is 2.48 bits per heavy atom. The zero-order valence-electron chi connectivity index (χ0n) is 17.5. The van der Waals surface area contributed by atoms with Crippen molar-refractivity contribution in [3.8, 4) is 0 Å². The summed E-state index contributed by atoms with van der Waals surface area (Å²) in [5.74, 6) is -0.327. The van der Waals surface area contributed by atoms with Crippen LogP contribution >= 0.6 is 11.6 Å². The van der Waals surface area contributed by atoms with Gasteiger partial charge in [0.15, 0.2) is 0 Å². The fraction of sp³-hybridized carbons (Fsp3) is 0.360. The number of hydrogen-bond acceptors (Lipinski definition) is 3. The molecule has 2 aromatic carbocycles. The highest BCUT2D eigenvalue weighted by molar-refractivity contribution is 6.30. The van der Waals surface area contributed by atoms with Gasteiger partial charge in [-0.25, -0.2) is 9.40 Å². The summed E-state index contributed by atoms with van der Waals surface area (Å²) >= 11 is 6.07. The molecule has 1 heterocycles. The van der Waals surface area contributed by atoms with Gasteiger partial charge < -0.3 is 0 Å². The topological polar surface area (TPSA) is 35.9 Å². The monoisotopic (exact) mass is 439 g/mol. The minimum atomic E-state index is -0.291. The van der Waals surface area contributed by atoms with Gasteiger partial charge in [0.05, 0.1) is 18.3 Å². The third kappa shape index (κ3) is 5.05. The fourth-order valence-corrected chi connectivity index (χ4v) is 4.65. The van der Waals surface area contributed by atoms with E-state index in [2.05, 4.69) is 11.5 Å². The van der Waals surface area contributed by atoms with Gasteiger partial charge >= 0.3 is 0 Å². The number of rotatable bonds is 7. The maximum Gasteiger partial charge on any atom is 0.257 e. The van der Waals surface area contributed by atoms with Crippen LogP contribution in [0.3, 0.4) is 0 Å². The molecule has 2 aliphatic rings. The first kappa shape index (κ1) is 21.7. The van der Waals surface area contributed by atoms with Crippen molar-refractivity contribution in [3.63, 3.8) is 0 Å². The highest BCUT2D eigenvalue weighted by Gasteiger charge is 2.34. The van der Waals surface area contributed by atoms with Crippen LogP contribution in [-0.2, 0) is 4.79 Å². The highest BCUT2D eigenvalue weighted by Crippen LogP contribution is 2.34. The van der Waals surface area contributed by atoms with E-state index in [0.29, 0.717) is 30.6 Å². The molecule has 1 amide bonds. The summed E-state index contributed by atoms with van der Waals surface area (Å²) in [6, 6.07) is 14.0. The van der Waals surface area contributed by atoms with E-state index < -0.39 is 0 Å². The molecule has 162 valence electrons. The number of amides is 1. The third-order valence-corrected chi connectivity index (χ3v) is 6.39. The Hall–Kier alpha value is -2.50. The minimum Gasteiger partial charge on any atom is -0.288 e. The fourth-order valence-electron chi connectivity index (χ4n) is 4.53. The lowest BCUT2D eigenvalue weighted by Crippen LogP contribution is -2.42. The predicted molar refractivity (Wildman–Crippen MR) is 123 cm³/mol. The molecule has 0 bridgehead atoms. The van der Waals surface area contributed by atoms with Gasteiger partial charge in [-0.15, -0.1) is 6.58 Å². The van der Waals surface area contributed by atoms with Gasteiger partial charge in [0.25, 0.3) is 5.91 Å². The molecule has 0 saturated heterocycles. The Labute approximate surface area is 188 Å². The van der Waals surface area contributed by atoms with E-state index in [9.17, 15) is 9.18 Å². The lowest BCUT2D eigenvalue weighted by atomic mass is 9.98. The standard InChI is InChI=1S/C25H27ClFN3O/c1-2-15-29(22-5-3-4-6-22)17-25(31)30-24(19-7-11-20(26)12-8-19)16-23(28-30)18-9-13-21(27)14-10-18/h2,7-14,22,24H,1,3-6,15-17H2. The van der Waals surface area contributed by atoms with Crippen LogP contribution in [0.2, 0.25) is 5.02 Å². The first-order valence-electron chi connectivity index (χ1n) is 10.8. The Morgan fingerprint density at radius 2 is 1.84 bits per heavy atom. The van der Waals surface area contributed by atoms with Gasteiger partial charge in [0, 0.05) is 24.0 Å². The summed E-state index contributed by atoms with van der Waals surface area (Å²) in [7, 11) is 0. The zero-order valence-corrected chi connectivity index (χ0v) is 18.3. The average Bonchev–Trinajstić information content (AvgIpc) is 3.45. The van der Waals surface area contributed by atoms with E-state index in [1.807, 2.05) is 30.3 Å². The van der Waals surface area contributed by atoms with E-state index >= 15 is 0 Å². The number of carbonyl (C=O) groups is 1. The van der Waals surface area contributed by atoms with E-state index in [1.54, 1.807) is 17.1 Å². The van der Waals surface area contributed by atoms with Gasteiger partial charge in [-0.1, -0.05) is 54.8 Å². The van der Waals surface area contributed by atoms with Crippen molar-refractivity contribution < 1.29 is 9.18 Å². The Bertz CT molecular complexity index is 952. The van der Waals surface area contributed by atoms with Crippen LogP contribution in [0.4, 0.5) is 4.39 Å². The van der Waals surface area contributed by atoms with Crippen LogP contribution in [0.15, 0.2) is 66.3 Å². The molecule has 1 fully saturated rings. The second kappa shape index (κ2) is 9.75. The molecule has 6 heteroatoms. The van der Waals surface area contributed by atoms with E-state index in [-0.39, 0.29) is 17.8 Å². The quantitative estimate of drug-likeness (QED) is 0.527. The number of hydrazone groups is 1. The summed E-state index contributed by atoms with van der Waals surface area (Å²) < 4.78 is 13.4. The van der Waals surface area contributed by atoms with Crippen molar-refractivity contribution in [1.29, 1.82) is 0 Å². The van der Waals surface area contributed by atoms with Gasteiger partial charge in [0.2, 0.25) is 0 Å². The number of hydrogen-bond donors (Lipinski definition) is 0. The SMILES string of the molecule is C=CCN(CC(=O)N1N=C(c2ccc(F)cc2)CC1c1ccc(Cl)cc1)C1CCCC1. The normalized spacial score (nSPS) is 19.1. The maximum absolute atomic E-state index is 13.4. The third-order valence-electron chi connectivity index (χ3n) is 6.14. The van der Waals surface area contributed by atoms with Gasteiger partial charge in [-0.3, -0.25) is 9.69 Å². The maximum atomic E-state index is 13.4. The van der Waals surface area contributed by atoms with Crippen molar-refractivity contribution in [2.75, 3.05) is 13.1 Å². The van der Waals surface area contributed by atoms with E-state index in [4.69, 9.17) is 16.7 Å². The number of nitrogens with zero attached hydrogens (tertiary/aromatic N) is 3. The smallest absolute Gasteiger partial charge is 0.257 e. The van der Waals surface area contributed by atoms with Crippen LogP contribution in [0, 0.1) is 5.82 Å².